The number of aromatic nitrogens is 4. The minimum Gasteiger partial charge on any atom is -0.497 e. The van der Waals surface area contributed by atoms with E-state index in [9.17, 15) is 5.11 Å². The number of nitrogens with one attached hydrogen (secondary N) is 3. The lowest BCUT2D eigenvalue weighted by atomic mass is 10.1. The third-order valence-corrected chi connectivity index (χ3v) is 5.11. The Balaban J connectivity index is 1.62. The van der Waals surface area contributed by atoms with Crippen molar-refractivity contribution < 1.29 is 9.84 Å². The van der Waals surface area contributed by atoms with Gasteiger partial charge in [-0.25, -0.2) is 9.67 Å². The van der Waals surface area contributed by atoms with E-state index in [4.69, 9.17) is 9.72 Å². The van der Waals surface area contributed by atoms with E-state index in [1.165, 1.54) is 4.68 Å². The molecule has 1 aliphatic rings. The molecule has 0 aliphatic carbocycles. The van der Waals surface area contributed by atoms with Crippen molar-refractivity contribution in [3.63, 3.8) is 0 Å². The van der Waals surface area contributed by atoms with Crippen LogP contribution in [0.15, 0.2) is 42.9 Å². The highest BCUT2D eigenvalue weighted by molar-refractivity contribution is 5.75. The topological polar surface area (TPSA) is 109 Å². The molecular weight excluding hydrogens is 382 g/mol. The molecule has 9 nitrogen and oxygen atoms in total. The van der Waals surface area contributed by atoms with Gasteiger partial charge in [0.1, 0.15) is 17.8 Å². The minimum atomic E-state index is -0.698. The molecule has 0 bridgehead atoms. The Bertz CT molecular complexity index is 966. The molecule has 1 aliphatic heterocycles. The summed E-state index contributed by atoms with van der Waals surface area (Å²) >= 11 is 0. The van der Waals surface area contributed by atoms with Crippen molar-refractivity contribution in [1.82, 2.24) is 25.1 Å². The molecule has 3 heterocycles. The molecule has 4 rings (SSSR count). The Morgan fingerprint density at radius 1 is 1.20 bits per heavy atom. The molecule has 30 heavy (non-hydrogen) atoms. The summed E-state index contributed by atoms with van der Waals surface area (Å²) in [6.45, 7) is 3.63. The minimum absolute atomic E-state index is 0.334. The van der Waals surface area contributed by atoms with Gasteiger partial charge in [-0.15, -0.1) is 0 Å². The monoisotopic (exact) mass is 409 g/mol. The average Bonchev–Trinajstić information content (AvgIpc) is 3.26. The Labute approximate surface area is 175 Å². The van der Waals surface area contributed by atoms with E-state index >= 15 is 0 Å². The fourth-order valence-corrected chi connectivity index (χ4v) is 3.41. The molecule has 4 N–H and O–H groups in total. The number of methoxy groups -OCH3 is 1. The average molecular weight is 409 g/mol. The van der Waals surface area contributed by atoms with Gasteiger partial charge in [-0.05, 0) is 57.1 Å². The van der Waals surface area contributed by atoms with Crippen LogP contribution in [0.25, 0.3) is 11.1 Å². The van der Waals surface area contributed by atoms with Crippen molar-refractivity contribution in [3.05, 3.63) is 42.9 Å². The van der Waals surface area contributed by atoms with Gasteiger partial charge in [0.05, 0.1) is 13.3 Å². The zero-order valence-corrected chi connectivity index (χ0v) is 17.2. The van der Waals surface area contributed by atoms with Gasteiger partial charge in [0, 0.05) is 35.2 Å². The molecule has 3 aromatic rings. The number of benzene rings is 1. The number of ether oxygens (including phenoxy) is 1. The predicted octanol–water partition coefficient (Wildman–Crippen LogP) is 2.77. The molecule has 1 saturated heterocycles. The fraction of sp³-hybridized carbons (Fsp3) is 0.381. The highest BCUT2D eigenvalue weighted by Gasteiger charge is 2.18. The van der Waals surface area contributed by atoms with Crippen molar-refractivity contribution >= 4 is 17.5 Å². The van der Waals surface area contributed by atoms with E-state index < -0.39 is 6.23 Å². The lowest BCUT2D eigenvalue weighted by Gasteiger charge is -2.25. The third-order valence-electron chi connectivity index (χ3n) is 5.11. The number of hydrogen-bond donors (Lipinski definition) is 4. The highest BCUT2D eigenvalue weighted by atomic mass is 16.5. The van der Waals surface area contributed by atoms with Crippen LogP contribution in [-0.4, -0.2) is 51.1 Å². The van der Waals surface area contributed by atoms with E-state index in [0.717, 1.165) is 54.3 Å². The number of rotatable bonds is 7. The Kier molecular flexibility index (Phi) is 6.10. The smallest absolute Gasteiger partial charge is 0.229 e. The zero-order chi connectivity index (χ0) is 20.9. The van der Waals surface area contributed by atoms with Crippen molar-refractivity contribution in [1.29, 1.82) is 0 Å². The Morgan fingerprint density at radius 3 is 2.63 bits per heavy atom. The summed E-state index contributed by atoms with van der Waals surface area (Å²) in [7, 11) is 1.64. The highest BCUT2D eigenvalue weighted by Crippen LogP contribution is 2.29. The van der Waals surface area contributed by atoms with E-state index in [-0.39, 0.29) is 0 Å². The van der Waals surface area contributed by atoms with Crippen LogP contribution in [0.1, 0.15) is 26.0 Å². The van der Waals surface area contributed by atoms with Crippen LogP contribution in [0, 0.1) is 0 Å². The zero-order valence-electron chi connectivity index (χ0n) is 17.2. The van der Waals surface area contributed by atoms with Crippen molar-refractivity contribution in [2.24, 2.45) is 0 Å². The third kappa shape index (κ3) is 4.69. The van der Waals surface area contributed by atoms with Gasteiger partial charge in [-0.2, -0.15) is 10.1 Å². The first-order valence-corrected chi connectivity index (χ1v) is 10.1. The maximum absolute atomic E-state index is 9.79. The lowest BCUT2D eigenvalue weighted by Crippen LogP contribution is -2.35. The molecule has 2 aromatic heterocycles. The summed E-state index contributed by atoms with van der Waals surface area (Å²) in [5.74, 6) is 2.04. The second-order valence-corrected chi connectivity index (χ2v) is 7.32. The first-order chi connectivity index (χ1) is 14.6. The van der Waals surface area contributed by atoms with Gasteiger partial charge in [0.2, 0.25) is 5.95 Å². The molecule has 9 heteroatoms. The van der Waals surface area contributed by atoms with Crippen LogP contribution in [0.5, 0.6) is 5.75 Å². The van der Waals surface area contributed by atoms with Crippen LogP contribution < -0.4 is 20.7 Å². The molecule has 0 spiro atoms. The fourth-order valence-electron chi connectivity index (χ4n) is 3.41. The van der Waals surface area contributed by atoms with Gasteiger partial charge in [0.25, 0.3) is 0 Å². The largest absolute Gasteiger partial charge is 0.497 e. The Morgan fingerprint density at radius 2 is 1.97 bits per heavy atom. The predicted molar refractivity (Wildman–Crippen MR) is 116 cm³/mol. The van der Waals surface area contributed by atoms with E-state index in [0.29, 0.717) is 12.0 Å². The van der Waals surface area contributed by atoms with Crippen molar-refractivity contribution in [3.8, 4) is 16.9 Å². The van der Waals surface area contributed by atoms with Crippen LogP contribution in [0.2, 0.25) is 0 Å². The molecule has 1 fully saturated rings. The maximum atomic E-state index is 9.79. The summed E-state index contributed by atoms with van der Waals surface area (Å²) in [5.41, 5.74) is 2.57. The molecular formula is C21H27N7O2. The second kappa shape index (κ2) is 9.10. The number of piperidine rings is 1. The quantitative estimate of drug-likeness (QED) is 0.472. The van der Waals surface area contributed by atoms with Gasteiger partial charge in [-0.1, -0.05) is 0 Å². The molecule has 0 radical (unpaired) electrons. The van der Waals surface area contributed by atoms with E-state index in [2.05, 4.69) is 26.0 Å². The van der Waals surface area contributed by atoms with Crippen molar-refractivity contribution in [2.45, 2.75) is 32.0 Å². The van der Waals surface area contributed by atoms with E-state index in [1.54, 1.807) is 32.6 Å². The van der Waals surface area contributed by atoms with E-state index in [1.807, 2.05) is 24.3 Å². The summed E-state index contributed by atoms with van der Waals surface area (Å²) < 4.78 is 6.71. The SMILES string of the molecule is COc1ccc(Nc2ncc(-c3cnn(C(C)O)c3)c(NC3CCNCC3)n2)cc1. The molecule has 0 amide bonds. The summed E-state index contributed by atoms with van der Waals surface area (Å²) in [4.78, 5) is 9.25. The number of aliphatic hydroxyl groups excluding tert-OH is 1. The second-order valence-electron chi connectivity index (χ2n) is 7.32. The maximum Gasteiger partial charge on any atom is 0.229 e. The molecule has 0 saturated carbocycles. The summed E-state index contributed by atoms with van der Waals surface area (Å²) in [6.07, 6.45) is 6.65. The molecule has 1 unspecified atom stereocenters. The summed E-state index contributed by atoms with van der Waals surface area (Å²) in [6, 6.07) is 7.94. The van der Waals surface area contributed by atoms with Gasteiger partial charge < -0.3 is 25.8 Å². The van der Waals surface area contributed by atoms with Gasteiger partial charge >= 0.3 is 0 Å². The van der Waals surface area contributed by atoms with Crippen LogP contribution in [-0.2, 0) is 0 Å². The van der Waals surface area contributed by atoms with Crippen LogP contribution in [0.4, 0.5) is 17.5 Å². The summed E-state index contributed by atoms with van der Waals surface area (Å²) in [5, 5.41) is 24.2. The Hall–Kier alpha value is -3.17. The van der Waals surface area contributed by atoms with Gasteiger partial charge in [-0.3, -0.25) is 0 Å². The van der Waals surface area contributed by atoms with Crippen molar-refractivity contribution in [2.75, 3.05) is 30.8 Å². The standard InChI is InChI=1S/C21H27N7O2/c1-14(29)28-13-15(11-24-28)19-12-23-21(26-16-3-5-18(30-2)6-4-16)27-20(19)25-17-7-9-22-10-8-17/h3-6,11-14,17,22,29H,7-10H2,1-2H3,(H2,23,25,26,27). The number of aliphatic hydroxyl groups is 1. The molecule has 158 valence electrons. The van der Waals surface area contributed by atoms with Gasteiger partial charge in [0.15, 0.2) is 0 Å². The molecule has 1 atom stereocenters. The first-order valence-electron chi connectivity index (χ1n) is 10.1. The first kappa shape index (κ1) is 20.1. The number of hydrogen-bond acceptors (Lipinski definition) is 8. The lowest BCUT2D eigenvalue weighted by molar-refractivity contribution is 0.111. The van der Waals surface area contributed by atoms with Crippen LogP contribution >= 0.6 is 0 Å². The number of nitrogens with zero attached hydrogens (tertiary/aromatic N) is 4. The normalized spacial score (nSPS) is 15.6. The molecule has 1 aromatic carbocycles. The van der Waals surface area contributed by atoms with Crippen LogP contribution in [0.3, 0.4) is 0 Å². The number of anilines is 3.